The van der Waals surface area contributed by atoms with E-state index in [-0.39, 0.29) is 6.10 Å². The Morgan fingerprint density at radius 1 is 1.30 bits per heavy atom. The lowest BCUT2D eigenvalue weighted by atomic mass is 10.0. The highest BCUT2D eigenvalue weighted by Gasteiger charge is 2.35. The van der Waals surface area contributed by atoms with Gasteiger partial charge in [0.1, 0.15) is 16.5 Å². The van der Waals surface area contributed by atoms with Crippen LogP contribution in [0.4, 0.5) is 5.82 Å². The quantitative estimate of drug-likeness (QED) is 0.904. The Hall–Kier alpha value is -1.28. The summed E-state index contributed by atoms with van der Waals surface area (Å²) < 4.78 is 11.4. The molecule has 2 aromatic rings. The lowest BCUT2D eigenvalue weighted by molar-refractivity contribution is -0.138. The number of hydrogen-bond donors (Lipinski definition) is 1. The van der Waals surface area contributed by atoms with Gasteiger partial charge in [0, 0.05) is 24.1 Å². The molecular formula is C16H22N4O2S. The monoisotopic (exact) mass is 334 g/mol. The van der Waals surface area contributed by atoms with Crippen LogP contribution in [0.3, 0.4) is 0 Å². The molecule has 4 rings (SSSR count). The summed E-state index contributed by atoms with van der Waals surface area (Å²) in [4.78, 5) is 14.0. The number of aryl methyl sites for hydroxylation is 2. The van der Waals surface area contributed by atoms with Gasteiger partial charge >= 0.3 is 0 Å². The molecule has 2 aliphatic heterocycles. The van der Waals surface area contributed by atoms with E-state index in [1.54, 1.807) is 11.3 Å². The third-order valence-electron chi connectivity index (χ3n) is 4.90. The normalized spacial score (nSPS) is 25.7. The maximum Gasteiger partial charge on any atom is 0.146 e. The lowest BCUT2D eigenvalue weighted by Gasteiger charge is -2.43. The first kappa shape index (κ1) is 15.3. The van der Waals surface area contributed by atoms with Crippen molar-refractivity contribution in [1.82, 2.24) is 14.9 Å². The van der Waals surface area contributed by atoms with E-state index >= 15 is 0 Å². The standard InChI is InChI=1S/C16H22N4O2S/c1-9-10(2)23-16-14(9)15(17)18-13(19-16)7-20-4-6-22-12-8-21-5-3-11(12)20/h11-12H,3-8H2,1-2H3,(H2,17,18,19)/t11-,12+/m0/s1. The molecule has 0 unspecified atom stereocenters. The molecule has 0 amide bonds. The Morgan fingerprint density at radius 2 is 2.17 bits per heavy atom. The minimum absolute atomic E-state index is 0.171. The van der Waals surface area contributed by atoms with Crippen molar-refractivity contribution in [2.45, 2.75) is 39.0 Å². The van der Waals surface area contributed by atoms with E-state index in [1.807, 2.05) is 0 Å². The first-order chi connectivity index (χ1) is 11.1. The Kier molecular flexibility index (Phi) is 3.96. The van der Waals surface area contributed by atoms with Gasteiger partial charge in [-0.3, -0.25) is 4.90 Å². The molecule has 0 spiro atoms. The fraction of sp³-hybridized carbons (Fsp3) is 0.625. The number of nitrogens with zero attached hydrogens (tertiary/aromatic N) is 3. The number of morpholine rings is 1. The molecule has 2 saturated heterocycles. The first-order valence-electron chi connectivity index (χ1n) is 8.09. The molecule has 2 atom stereocenters. The summed E-state index contributed by atoms with van der Waals surface area (Å²) in [5.74, 6) is 1.41. The topological polar surface area (TPSA) is 73.5 Å². The molecule has 0 saturated carbocycles. The number of ether oxygens (including phenoxy) is 2. The molecular weight excluding hydrogens is 312 g/mol. The number of nitrogen functional groups attached to an aromatic ring is 1. The zero-order chi connectivity index (χ0) is 16.0. The maximum absolute atomic E-state index is 6.20. The minimum Gasteiger partial charge on any atom is -0.383 e. The third kappa shape index (κ3) is 2.71. The average molecular weight is 334 g/mol. The van der Waals surface area contributed by atoms with E-state index in [0.29, 0.717) is 18.5 Å². The van der Waals surface area contributed by atoms with Crippen molar-refractivity contribution in [3.05, 3.63) is 16.3 Å². The van der Waals surface area contributed by atoms with E-state index < -0.39 is 0 Å². The minimum atomic E-state index is 0.171. The van der Waals surface area contributed by atoms with Gasteiger partial charge in [-0.25, -0.2) is 9.97 Å². The number of thiophene rings is 1. The van der Waals surface area contributed by atoms with Crippen molar-refractivity contribution in [3.8, 4) is 0 Å². The summed E-state index contributed by atoms with van der Waals surface area (Å²) >= 11 is 1.70. The van der Waals surface area contributed by atoms with Crippen LogP contribution in [0.5, 0.6) is 0 Å². The predicted molar refractivity (Wildman–Crippen MR) is 90.7 cm³/mol. The average Bonchev–Trinajstić information content (AvgIpc) is 2.83. The van der Waals surface area contributed by atoms with E-state index in [4.69, 9.17) is 20.2 Å². The van der Waals surface area contributed by atoms with Crippen molar-refractivity contribution < 1.29 is 9.47 Å². The van der Waals surface area contributed by atoms with Gasteiger partial charge in [0.2, 0.25) is 0 Å². The molecule has 124 valence electrons. The highest BCUT2D eigenvalue weighted by atomic mass is 32.1. The SMILES string of the molecule is Cc1sc2nc(CN3CCO[C@@H]4COCC[C@@H]43)nc(N)c2c1C. The molecule has 2 N–H and O–H groups in total. The third-order valence-corrected chi connectivity index (χ3v) is 6.00. The smallest absolute Gasteiger partial charge is 0.146 e. The van der Waals surface area contributed by atoms with Crippen LogP contribution in [0.15, 0.2) is 0 Å². The van der Waals surface area contributed by atoms with Gasteiger partial charge < -0.3 is 15.2 Å². The predicted octanol–water partition coefficient (Wildman–Crippen LogP) is 1.88. The lowest BCUT2D eigenvalue weighted by Crippen LogP contribution is -2.55. The summed E-state index contributed by atoms with van der Waals surface area (Å²) in [6.45, 7) is 8.04. The van der Waals surface area contributed by atoms with Crippen LogP contribution in [-0.2, 0) is 16.0 Å². The summed E-state index contributed by atoms with van der Waals surface area (Å²) in [5.41, 5.74) is 7.40. The number of fused-ring (bicyclic) bond motifs is 2. The molecule has 2 aliphatic rings. The first-order valence-corrected chi connectivity index (χ1v) is 8.90. The molecule has 4 heterocycles. The highest BCUT2D eigenvalue weighted by molar-refractivity contribution is 7.18. The highest BCUT2D eigenvalue weighted by Crippen LogP contribution is 2.32. The van der Waals surface area contributed by atoms with E-state index in [1.165, 1.54) is 10.4 Å². The molecule has 0 aliphatic carbocycles. The van der Waals surface area contributed by atoms with Crippen LogP contribution in [0.1, 0.15) is 22.7 Å². The van der Waals surface area contributed by atoms with Crippen LogP contribution >= 0.6 is 11.3 Å². The van der Waals surface area contributed by atoms with Gasteiger partial charge in [-0.05, 0) is 25.8 Å². The van der Waals surface area contributed by atoms with Crippen LogP contribution < -0.4 is 5.73 Å². The zero-order valence-electron chi connectivity index (χ0n) is 13.5. The van der Waals surface area contributed by atoms with Gasteiger partial charge in [-0.15, -0.1) is 11.3 Å². The van der Waals surface area contributed by atoms with Crippen LogP contribution in [0.2, 0.25) is 0 Å². The molecule has 0 bridgehead atoms. The number of aromatic nitrogens is 2. The van der Waals surface area contributed by atoms with Crippen molar-refractivity contribution in [3.63, 3.8) is 0 Å². The molecule has 6 nitrogen and oxygen atoms in total. The second kappa shape index (κ2) is 5.98. The zero-order valence-corrected chi connectivity index (χ0v) is 14.4. The number of nitrogens with two attached hydrogens (primary N) is 1. The number of hydrogen-bond acceptors (Lipinski definition) is 7. The van der Waals surface area contributed by atoms with Gasteiger partial charge in [0.25, 0.3) is 0 Å². The number of anilines is 1. The molecule has 0 aromatic carbocycles. The van der Waals surface area contributed by atoms with Gasteiger partial charge in [0.15, 0.2) is 0 Å². The van der Waals surface area contributed by atoms with E-state index in [2.05, 4.69) is 23.7 Å². The molecule has 2 fully saturated rings. The van der Waals surface area contributed by atoms with Crippen LogP contribution in [-0.4, -0.2) is 53.4 Å². The van der Waals surface area contributed by atoms with Crippen molar-refractivity contribution in [1.29, 1.82) is 0 Å². The molecule has 0 radical (unpaired) electrons. The van der Waals surface area contributed by atoms with Gasteiger partial charge in [-0.1, -0.05) is 0 Å². The van der Waals surface area contributed by atoms with E-state index in [9.17, 15) is 0 Å². The summed E-state index contributed by atoms with van der Waals surface area (Å²) in [6, 6.07) is 0.393. The maximum atomic E-state index is 6.20. The second-order valence-electron chi connectivity index (χ2n) is 6.30. The Bertz CT molecular complexity index is 730. The van der Waals surface area contributed by atoms with Crippen molar-refractivity contribution in [2.75, 3.05) is 32.1 Å². The fourth-order valence-electron chi connectivity index (χ4n) is 3.54. The van der Waals surface area contributed by atoms with Crippen LogP contribution in [0, 0.1) is 13.8 Å². The number of rotatable bonds is 2. The second-order valence-corrected chi connectivity index (χ2v) is 7.50. The summed E-state index contributed by atoms with van der Waals surface area (Å²) in [7, 11) is 0. The fourth-order valence-corrected chi connectivity index (χ4v) is 4.60. The van der Waals surface area contributed by atoms with Crippen molar-refractivity contribution >= 4 is 27.4 Å². The largest absolute Gasteiger partial charge is 0.383 e. The Balaban J connectivity index is 1.62. The summed E-state index contributed by atoms with van der Waals surface area (Å²) in [5, 5.41) is 1.02. The molecule has 2 aromatic heterocycles. The molecule has 7 heteroatoms. The van der Waals surface area contributed by atoms with Crippen molar-refractivity contribution in [2.24, 2.45) is 0 Å². The van der Waals surface area contributed by atoms with E-state index in [0.717, 1.165) is 48.8 Å². The molecule has 23 heavy (non-hydrogen) atoms. The summed E-state index contributed by atoms with van der Waals surface area (Å²) in [6.07, 6.45) is 1.17. The Labute approximate surface area is 139 Å². The van der Waals surface area contributed by atoms with Gasteiger partial charge in [0.05, 0.1) is 31.2 Å². The Morgan fingerprint density at radius 3 is 3.04 bits per heavy atom. The van der Waals surface area contributed by atoms with Crippen LogP contribution in [0.25, 0.3) is 10.2 Å². The van der Waals surface area contributed by atoms with Gasteiger partial charge in [-0.2, -0.15) is 0 Å².